The second-order valence-electron chi connectivity index (χ2n) is 7.65. The first kappa shape index (κ1) is 17.4. The molecule has 0 unspecified atom stereocenters. The van der Waals surface area contributed by atoms with Crippen LogP contribution in [0.5, 0.6) is 0 Å². The Hall–Kier alpha value is -3.65. The van der Waals surface area contributed by atoms with Gasteiger partial charge in [0.15, 0.2) is 5.78 Å². The molecule has 0 spiro atoms. The van der Waals surface area contributed by atoms with Gasteiger partial charge in [-0.05, 0) is 68.2 Å². The standard InChI is InChI=1S/C27H21NO/c1-28(2)23-14-10-19(11-15-23)25(29)17-13-18-6-7-22-9-8-20-4-3-5-21-12-16-24(18)27(22)26(20)21/h3-17H,1-2H3/b17-13+. The Morgan fingerprint density at radius 1 is 0.724 bits per heavy atom. The van der Waals surface area contributed by atoms with Crippen molar-refractivity contribution in [3.63, 3.8) is 0 Å². The molecule has 0 aliphatic heterocycles. The molecule has 0 atom stereocenters. The van der Waals surface area contributed by atoms with Crippen LogP contribution in [0.2, 0.25) is 0 Å². The number of ketones is 1. The molecule has 0 N–H and O–H groups in total. The fraction of sp³-hybridized carbons (Fsp3) is 0.0741. The van der Waals surface area contributed by atoms with Gasteiger partial charge in [0.1, 0.15) is 0 Å². The summed E-state index contributed by atoms with van der Waals surface area (Å²) in [5.74, 6) is 0.0148. The van der Waals surface area contributed by atoms with E-state index in [1.54, 1.807) is 6.08 Å². The van der Waals surface area contributed by atoms with Crippen LogP contribution in [-0.4, -0.2) is 19.9 Å². The van der Waals surface area contributed by atoms with Crippen LogP contribution < -0.4 is 4.90 Å². The Morgan fingerprint density at radius 2 is 1.34 bits per heavy atom. The molecule has 0 amide bonds. The molecular formula is C27H21NO. The second-order valence-corrected chi connectivity index (χ2v) is 7.65. The Labute approximate surface area is 170 Å². The third-order valence-electron chi connectivity index (χ3n) is 5.64. The zero-order valence-corrected chi connectivity index (χ0v) is 16.5. The Bertz CT molecular complexity index is 1360. The maximum absolute atomic E-state index is 12.7. The van der Waals surface area contributed by atoms with Crippen molar-refractivity contribution in [3.05, 3.63) is 96.1 Å². The predicted octanol–water partition coefficient (Wildman–Crippen LogP) is 6.55. The Balaban J connectivity index is 1.57. The van der Waals surface area contributed by atoms with E-state index in [-0.39, 0.29) is 5.78 Å². The number of allylic oxidation sites excluding steroid dienone is 1. The summed E-state index contributed by atoms with van der Waals surface area (Å²) in [6.07, 6.45) is 3.62. The molecular weight excluding hydrogens is 354 g/mol. The predicted molar refractivity (Wildman–Crippen MR) is 124 cm³/mol. The van der Waals surface area contributed by atoms with Crippen LogP contribution >= 0.6 is 0 Å². The number of carbonyl (C=O) groups excluding carboxylic acids is 1. The molecule has 0 fully saturated rings. The zero-order chi connectivity index (χ0) is 20.0. The smallest absolute Gasteiger partial charge is 0.185 e. The fourth-order valence-corrected chi connectivity index (χ4v) is 4.09. The molecule has 2 nitrogen and oxygen atoms in total. The van der Waals surface area contributed by atoms with Crippen LogP contribution in [-0.2, 0) is 0 Å². The second kappa shape index (κ2) is 6.75. The quantitative estimate of drug-likeness (QED) is 0.202. The highest BCUT2D eigenvalue weighted by molar-refractivity contribution is 6.24. The highest BCUT2D eigenvalue weighted by Crippen LogP contribution is 2.36. The van der Waals surface area contributed by atoms with Crippen LogP contribution in [0.15, 0.2) is 84.9 Å². The summed E-state index contributed by atoms with van der Waals surface area (Å²) in [6.45, 7) is 0. The number of hydrogen-bond acceptors (Lipinski definition) is 2. The van der Waals surface area contributed by atoms with Crippen LogP contribution in [0.25, 0.3) is 38.4 Å². The summed E-state index contributed by atoms with van der Waals surface area (Å²) in [5.41, 5.74) is 2.84. The van der Waals surface area contributed by atoms with E-state index in [0.717, 1.165) is 11.3 Å². The monoisotopic (exact) mass is 375 g/mol. The first-order valence-electron chi connectivity index (χ1n) is 9.78. The van der Waals surface area contributed by atoms with Gasteiger partial charge in [0, 0.05) is 25.3 Å². The van der Waals surface area contributed by atoms with Gasteiger partial charge in [-0.1, -0.05) is 60.7 Å². The summed E-state index contributed by atoms with van der Waals surface area (Å²) in [4.78, 5) is 14.7. The molecule has 5 aromatic rings. The molecule has 140 valence electrons. The van der Waals surface area contributed by atoms with Crippen molar-refractivity contribution in [2.45, 2.75) is 0 Å². The molecule has 2 heteroatoms. The maximum atomic E-state index is 12.7. The van der Waals surface area contributed by atoms with Gasteiger partial charge in [-0.3, -0.25) is 4.79 Å². The minimum atomic E-state index is 0.0148. The lowest BCUT2D eigenvalue weighted by molar-refractivity contribution is 0.104. The van der Waals surface area contributed by atoms with E-state index in [4.69, 9.17) is 0 Å². The number of rotatable bonds is 4. The normalized spacial score (nSPS) is 11.8. The summed E-state index contributed by atoms with van der Waals surface area (Å²) in [5, 5.41) is 7.47. The van der Waals surface area contributed by atoms with Crippen molar-refractivity contribution >= 4 is 49.9 Å². The topological polar surface area (TPSA) is 20.3 Å². The number of hydrogen-bond donors (Lipinski definition) is 0. The first-order valence-corrected chi connectivity index (χ1v) is 9.78. The molecule has 5 aromatic carbocycles. The Morgan fingerprint density at radius 3 is 2.03 bits per heavy atom. The Kier molecular flexibility index (Phi) is 4.06. The van der Waals surface area contributed by atoms with Crippen LogP contribution in [0, 0.1) is 0 Å². The van der Waals surface area contributed by atoms with Gasteiger partial charge in [-0.2, -0.15) is 0 Å². The van der Waals surface area contributed by atoms with Gasteiger partial charge < -0.3 is 4.90 Å². The lowest BCUT2D eigenvalue weighted by atomic mass is 9.92. The van der Waals surface area contributed by atoms with Gasteiger partial charge in [0.25, 0.3) is 0 Å². The van der Waals surface area contributed by atoms with Crippen molar-refractivity contribution in [2.24, 2.45) is 0 Å². The number of benzene rings is 5. The summed E-state index contributed by atoms with van der Waals surface area (Å²) in [6, 6.07) is 27.1. The lowest BCUT2D eigenvalue weighted by Crippen LogP contribution is -2.08. The number of anilines is 1. The maximum Gasteiger partial charge on any atom is 0.185 e. The largest absolute Gasteiger partial charge is 0.378 e. The van der Waals surface area contributed by atoms with Crippen molar-refractivity contribution in [1.82, 2.24) is 0 Å². The molecule has 0 aliphatic carbocycles. The molecule has 0 bridgehead atoms. The van der Waals surface area contributed by atoms with Crippen molar-refractivity contribution < 1.29 is 4.79 Å². The summed E-state index contributed by atoms with van der Waals surface area (Å²) >= 11 is 0. The number of nitrogens with zero attached hydrogens (tertiary/aromatic N) is 1. The molecule has 0 heterocycles. The van der Waals surface area contributed by atoms with Crippen LogP contribution in [0.4, 0.5) is 5.69 Å². The summed E-state index contributed by atoms with van der Waals surface area (Å²) < 4.78 is 0. The average Bonchev–Trinajstić information content (AvgIpc) is 2.76. The minimum Gasteiger partial charge on any atom is -0.378 e. The number of carbonyl (C=O) groups is 1. The van der Waals surface area contributed by atoms with E-state index >= 15 is 0 Å². The molecule has 29 heavy (non-hydrogen) atoms. The van der Waals surface area contributed by atoms with Crippen LogP contribution in [0.1, 0.15) is 15.9 Å². The van der Waals surface area contributed by atoms with E-state index in [1.807, 2.05) is 49.3 Å². The molecule has 0 aliphatic rings. The van der Waals surface area contributed by atoms with Gasteiger partial charge in [-0.15, -0.1) is 0 Å². The van der Waals surface area contributed by atoms with E-state index in [2.05, 4.69) is 54.6 Å². The van der Waals surface area contributed by atoms with E-state index in [0.29, 0.717) is 5.56 Å². The summed E-state index contributed by atoms with van der Waals surface area (Å²) in [7, 11) is 3.98. The van der Waals surface area contributed by atoms with Crippen molar-refractivity contribution in [1.29, 1.82) is 0 Å². The first-order chi connectivity index (χ1) is 14.1. The van der Waals surface area contributed by atoms with Gasteiger partial charge in [0.05, 0.1) is 0 Å². The highest BCUT2D eigenvalue weighted by atomic mass is 16.1. The van der Waals surface area contributed by atoms with Crippen molar-refractivity contribution in [3.8, 4) is 0 Å². The van der Waals surface area contributed by atoms with Crippen LogP contribution in [0.3, 0.4) is 0 Å². The van der Waals surface area contributed by atoms with E-state index in [9.17, 15) is 4.79 Å². The minimum absolute atomic E-state index is 0.0148. The van der Waals surface area contributed by atoms with E-state index < -0.39 is 0 Å². The molecule has 0 saturated carbocycles. The van der Waals surface area contributed by atoms with Gasteiger partial charge in [0.2, 0.25) is 0 Å². The SMILES string of the molecule is CN(C)c1ccc(C(=O)/C=C/c2ccc3ccc4cccc5ccc2c3c45)cc1. The average molecular weight is 375 g/mol. The molecule has 5 rings (SSSR count). The fourth-order valence-electron chi connectivity index (χ4n) is 4.09. The third kappa shape index (κ3) is 2.94. The van der Waals surface area contributed by atoms with E-state index in [1.165, 1.54) is 32.3 Å². The van der Waals surface area contributed by atoms with Gasteiger partial charge in [-0.25, -0.2) is 0 Å². The molecule has 0 aromatic heterocycles. The lowest BCUT2D eigenvalue weighted by Gasteiger charge is -2.12. The van der Waals surface area contributed by atoms with Gasteiger partial charge >= 0.3 is 0 Å². The molecule has 0 radical (unpaired) electrons. The molecule has 0 saturated heterocycles. The zero-order valence-electron chi connectivity index (χ0n) is 16.5. The van der Waals surface area contributed by atoms with Crippen molar-refractivity contribution in [2.75, 3.05) is 19.0 Å². The highest BCUT2D eigenvalue weighted by Gasteiger charge is 2.10. The third-order valence-corrected chi connectivity index (χ3v) is 5.64.